The predicted octanol–water partition coefficient (Wildman–Crippen LogP) is 3.52. The van der Waals surface area contributed by atoms with E-state index in [1.165, 1.54) is 10.4 Å². The Morgan fingerprint density at radius 1 is 1.39 bits per heavy atom. The first-order valence-corrected chi connectivity index (χ1v) is 8.86. The number of thiophene rings is 1. The maximum atomic E-state index is 12.8. The standard InChI is InChI=1S/C18H19NO3S/c20-16(2-1-13-4-8-21-11-13)19-7-3-14-6-10-23-18(14)17(19)15-5-9-22-12-15/h1-2,4,6,8,10-11,15,17H,3,5,7,9,12H2/b2-1+. The second-order valence-corrected chi connectivity index (χ2v) is 7.00. The molecule has 4 nitrogen and oxygen atoms in total. The summed E-state index contributed by atoms with van der Waals surface area (Å²) in [7, 11) is 0. The summed E-state index contributed by atoms with van der Waals surface area (Å²) in [6.45, 7) is 2.32. The summed E-state index contributed by atoms with van der Waals surface area (Å²) in [6.07, 6.45) is 8.69. The Labute approximate surface area is 139 Å². The van der Waals surface area contributed by atoms with Gasteiger partial charge in [-0.3, -0.25) is 4.79 Å². The maximum Gasteiger partial charge on any atom is 0.247 e. The van der Waals surface area contributed by atoms with Crippen LogP contribution in [0.4, 0.5) is 0 Å². The van der Waals surface area contributed by atoms with Crippen molar-refractivity contribution < 1.29 is 13.9 Å². The molecule has 0 aromatic carbocycles. The minimum atomic E-state index is 0.0714. The zero-order valence-corrected chi connectivity index (χ0v) is 13.6. The van der Waals surface area contributed by atoms with Crippen molar-refractivity contribution in [1.29, 1.82) is 0 Å². The van der Waals surface area contributed by atoms with E-state index in [0.717, 1.165) is 38.2 Å². The molecule has 0 bridgehead atoms. The maximum absolute atomic E-state index is 12.8. The molecule has 0 N–H and O–H groups in total. The lowest BCUT2D eigenvalue weighted by Gasteiger charge is -2.38. The van der Waals surface area contributed by atoms with Crippen LogP contribution in [0.25, 0.3) is 6.08 Å². The lowest BCUT2D eigenvalue weighted by Crippen LogP contribution is -2.42. The molecule has 5 heteroatoms. The number of fused-ring (bicyclic) bond motifs is 1. The van der Waals surface area contributed by atoms with E-state index >= 15 is 0 Å². The van der Waals surface area contributed by atoms with Crippen LogP contribution in [0, 0.1) is 5.92 Å². The highest BCUT2D eigenvalue weighted by Crippen LogP contribution is 2.41. The molecule has 2 aliphatic rings. The molecule has 0 radical (unpaired) electrons. The molecule has 2 atom stereocenters. The van der Waals surface area contributed by atoms with E-state index in [4.69, 9.17) is 9.15 Å². The molecule has 0 saturated carbocycles. The van der Waals surface area contributed by atoms with Crippen LogP contribution in [0.2, 0.25) is 0 Å². The van der Waals surface area contributed by atoms with Gasteiger partial charge in [-0.2, -0.15) is 0 Å². The number of amides is 1. The van der Waals surface area contributed by atoms with Gasteiger partial charge in [0.1, 0.15) is 0 Å². The largest absolute Gasteiger partial charge is 0.472 e. The van der Waals surface area contributed by atoms with Gasteiger partial charge in [-0.15, -0.1) is 11.3 Å². The molecule has 4 heterocycles. The first-order chi connectivity index (χ1) is 11.3. The van der Waals surface area contributed by atoms with E-state index in [0.29, 0.717) is 5.92 Å². The monoisotopic (exact) mass is 329 g/mol. The van der Waals surface area contributed by atoms with Gasteiger partial charge in [0.05, 0.1) is 25.2 Å². The van der Waals surface area contributed by atoms with Crippen LogP contribution < -0.4 is 0 Å². The minimum Gasteiger partial charge on any atom is -0.472 e. The van der Waals surface area contributed by atoms with Crippen LogP contribution in [0.15, 0.2) is 40.5 Å². The van der Waals surface area contributed by atoms with E-state index in [2.05, 4.69) is 11.4 Å². The van der Waals surface area contributed by atoms with E-state index in [9.17, 15) is 4.79 Å². The average molecular weight is 329 g/mol. The number of furan rings is 1. The quantitative estimate of drug-likeness (QED) is 0.809. The molecule has 23 heavy (non-hydrogen) atoms. The Kier molecular flexibility index (Phi) is 4.06. The van der Waals surface area contributed by atoms with E-state index in [-0.39, 0.29) is 11.9 Å². The summed E-state index contributed by atoms with van der Waals surface area (Å²) in [5, 5.41) is 2.14. The fourth-order valence-electron chi connectivity index (χ4n) is 3.49. The van der Waals surface area contributed by atoms with Crippen molar-refractivity contribution in [2.75, 3.05) is 19.8 Å². The summed E-state index contributed by atoms with van der Waals surface area (Å²) in [6, 6.07) is 4.20. The highest BCUT2D eigenvalue weighted by atomic mass is 32.1. The van der Waals surface area contributed by atoms with Crippen LogP contribution in [0.5, 0.6) is 0 Å². The second-order valence-electron chi connectivity index (χ2n) is 6.05. The SMILES string of the molecule is O=C(/C=C/c1ccoc1)N1CCc2ccsc2C1C1CCOC1. The highest BCUT2D eigenvalue weighted by Gasteiger charge is 2.38. The number of carbonyl (C=O) groups excluding carboxylic acids is 1. The highest BCUT2D eigenvalue weighted by molar-refractivity contribution is 7.10. The van der Waals surface area contributed by atoms with E-state index < -0.39 is 0 Å². The van der Waals surface area contributed by atoms with Gasteiger partial charge in [0, 0.05) is 35.6 Å². The topological polar surface area (TPSA) is 42.7 Å². The molecule has 1 amide bonds. The molecule has 2 aromatic heterocycles. The zero-order chi connectivity index (χ0) is 15.6. The van der Waals surface area contributed by atoms with Gasteiger partial charge in [0.15, 0.2) is 0 Å². The smallest absolute Gasteiger partial charge is 0.247 e. The lowest BCUT2D eigenvalue weighted by molar-refractivity contribution is -0.130. The average Bonchev–Trinajstić information content (AvgIpc) is 3.33. The summed E-state index contributed by atoms with van der Waals surface area (Å²) < 4.78 is 10.6. The Morgan fingerprint density at radius 2 is 2.35 bits per heavy atom. The van der Waals surface area contributed by atoms with Crippen molar-refractivity contribution in [3.05, 3.63) is 52.1 Å². The molecule has 1 saturated heterocycles. The Balaban J connectivity index is 1.59. The van der Waals surface area contributed by atoms with Gasteiger partial charge in [0.2, 0.25) is 5.91 Å². The molecular weight excluding hydrogens is 310 g/mol. The number of hydrogen-bond donors (Lipinski definition) is 0. The van der Waals surface area contributed by atoms with Crippen molar-refractivity contribution in [2.45, 2.75) is 18.9 Å². The van der Waals surface area contributed by atoms with Crippen molar-refractivity contribution in [1.82, 2.24) is 4.90 Å². The van der Waals surface area contributed by atoms with Crippen molar-refractivity contribution >= 4 is 23.3 Å². The van der Waals surface area contributed by atoms with Gasteiger partial charge in [0.25, 0.3) is 0 Å². The minimum absolute atomic E-state index is 0.0714. The third kappa shape index (κ3) is 2.86. The third-order valence-corrected chi connectivity index (χ3v) is 5.69. The third-order valence-electron chi connectivity index (χ3n) is 4.66. The first-order valence-electron chi connectivity index (χ1n) is 7.98. The first kappa shape index (κ1) is 14.7. The second kappa shape index (κ2) is 6.34. The number of hydrogen-bond acceptors (Lipinski definition) is 4. The molecule has 2 aliphatic heterocycles. The zero-order valence-electron chi connectivity index (χ0n) is 12.8. The summed E-state index contributed by atoms with van der Waals surface area (Å²) in [5.74, 6) is 0.473. The molecule has 0 spiro atoms. The molecule has 2 aromatic rings. The molecule has 0 aliphatic carbocycles. The number of nitrogens with zero attached hydrogens (tertiary/aromatic N) is 1. The van der Waals surface area contributed by atoms with Crippen LogP contribution in [-0.2, 0) is 16.0 Å². The fraction of sp³-hybridized carbons (Fsp3) is 0.389. The number of ether oxygens (including phenoxy) is 1. The van der Waals surface area contributed by atoms with Gasteiger partial charge in [-0.1, -0.05) is 0 Å². The van der Waals surface area contributed by atoms with Crippen molar-refractivity contribution in [3.63, 3.8) is 0 Å². The summed E-state index contributed by atoms with van der Waals surface area (Å²) >= 11 is 1.77. The molecule has 4 rings (SSSR count). The van der Waals surface area contributed by atoms with E-state index in [1.54, 1.807) is 29.9 Å². The van der Waals surface area contributed by atoms with Gasteiger partial charge >= 0.3 is 0 Å². The van der Waals surface area contributed by atoms with Crippen LogP contribution in [-0.4, -0.2) is 30.6 Å². The van der Waals surface area contributed by atoms with Gasteiger partial charge < -0.3 is 14.1 Å². The lowest BCUT2D eigenvalue weighted by atomic mass is 9.90. The van der Waals surface area contributed by atoms with E-state index in [1.807, 2.05) is 17.0 Å². The van der Waals surface area contributed by atoms with Crippen LogP contribution >= 0.6 is 11.3 Å². The number of rotatable bonds is 3. The van der Waals surface area contributed by atoms with Crippen molar-refractivity contribution in [2.24, 2.45) is 5.92 Å². The molecule has 1 fully saturated rings. The summed E-state index contributed by atoms with van der Waals surface area (Å²) in [4.78, 5) is 16.1. The van der Waals surface area contributed by atoms with Crippen LogP contribution in [0.3, 0.4) is 0 Å². The van der Waals surface area contributed by atoms with Gasteiger partial charge in [-0.25, -0.2) is 0 Å². The van der Waals surface area contributed by atoms with Gasteiger partial charge in [-0.05, 0) is 42.0 Å². The fourth-order valence-corrected chi connectivity index (χ4v) is 4.65. The Morgan fingerprint density at radius 3 is 3.13 bits per heavy atom. The van der Waals surface area contributed by atoms with Crippen molar-refractivity contribution in [3.8, 4) is 0 Å². The number of carbonyl (C=O) groups is 1. The van der Waals surface area contributed by atoms with Crippen LogP contribution in [0.1, 0.15) is 28.5 Å². The molecular formula is C18H19NO3S. The molecule has 120 valence electrons. The predicted molar refractivity (Wildman–Crippen MR) is 89.1 cm³/mol. The Bertz CT molecular complexity index is 698. The molecule has 2 unspecified atom stereocenters. The normalized spacial score (nSPS) is 24.3. The Hall–Kier alpha value is -1.85. The summed E-state index contributed by atoms with van der Waals surface area (Å²) in [5.41, 5.74) is 2.31.